The Morgan fingerprint density at radius 1 is 1.20 bits per heavy atom. The van der Waals surface area contributed by atoms with Gasteiger partial charge in [0.1, 0.15) is 0 Å². The maximum atomic E-state index is 6.35. The van der Waals surface area contributed by atoms with Gasteiger partial charge in [0.25, 0.3) is 0 Å². The van der Waals surface area contributed by atoms with Crippen molar-refractivity contribution in [2.45, 2.75) is 51.0 Å². The van der Waals surface area contributed by atoms with E-state index in [0.29, 0.717) is 17.2 Å². The fraction of sp³-hybridized carbons (Fsp3) is 0.750. The lowest BCUT2D eigenvalue weighted by atomic mass is 9.48. The van der Waals surface area contributed by atoms with Gasteiger partial charge >= 0.3 is 0 Å². The van der Waals surface area contributed by atoms with E-state index >= 15 is 0 Å². The molecule has 0 spiro atoms. The highest BCUT2D eigenvalue weighted by Gasteiger charge is 2.51. The lowest BCUT2D eigenvalue weighted by molar-refractivity contribution is -0.0615. The van der Waals surface area contributed by atoms with Crippen LogP contribution in [0.5, 0.6) is 0 Å². The first-order valence-corrected chi connectivity index (χ1v) is 7.87. The van der Waals surface area contributed by atoms with Crippen LogP contribution in [0.25, 0.3) is 6.08 Å². The summed E-state index contributed by atoms with van der Waals surface area (Å²) in [7, 11) is 0. The molecule has 4 bridgehead atoms. The molecule has 5 rings (SSSR count). The molecule has 1 heterocycles. The van der Waals surface area contributed by atoms with Gasteiger partial charge in [-0.1, -0.05) is 6.58 Å². The van der Waals surface area contributed by atoms with E-state index in [1.165, 1.54) is 38.5 Å². The third-order valence-corrected chi connectivity index (χ3v) is 5.77. The molecule has 4 fully saturated rings. The van der Waals surface area contributed by atoms with E-state index in [2.05, 4.69) is 16.8 Å². The predicted octanol–water partition coefficient (Wildman–Crippen LogP) is 3.32. The summed E-state index contributed by atoms with van der Waals surface area (Å²) in [4.78, 5) is 0. The van der Waals surface area contributed by atoms with Gasteiger partial charge in [-0.3, -0.25) is 0 Å². The summed E-state index contributed by atoms with van der Waals surface area (Å²) in [6.07, 6.45) is 11.1. The second-order valence-corrected chi connectivity index (χ2v) is 7.41. The Bertz CT molecular complexity index is 486. The van der Waals surface area contributed by atoms with Gasteiger partial charge in [0, 0.05) is 0 Å². The minimum absolute atomic E-state index is 0.118. The normalized spacial score (nSPS) is 40.0. The van der Waals surface area contributed by atoms with Crippen molar-refractivity contribution in [2.75, 3.05) is 0 Å². The van der Waals surface area contributed by atoms with Crippen LogP contribution < -0.4 is 5.73 Å². The van der Waals surface area contributed by atoms with Crippen molar-refractivity contribution in [3.05, 3.63) is 18.4 Å². The van der Waals surface area contributed by atoms with Gasteiger partial charge in [-0.15, -0.1) is 10.2 Å². The van der Waals surface area contributed by atoms with Crippen molar-refractivity contribution in [3.8, 4) is 0 Å². The van der Waals surface area contributed by atoms with Gasteiger partial charge < -0.3 is 10.2 Å². The van der Waals surface area contributed by atoms with E-state index < -0.39 is 0 Å². The van der Waals surface area contributed by atoms with E-state index in [1.807, 2.05) is 0 Å². The second kappa shape index (κ2) is 4.42. The van der Waals surface area contributed by atoms with E-state index in [1.54, 1.807) is 6.08 Å². The van der Waals surface area contributed by atoms with Crippen molar-refractivity contribution in [3.63, 3.8) is 0 Å². The molecule has 0 saturated heterocycles. The number of hydrogen-bond acceptors (Lipinski definition) is 4. The maximum absolute atomic E-state index is 6.35. The molecule has 0 amide bonds. The zero-order valence-electron chi connectivity index (χ0n) is 11.9. The summed E-state index contributed by atoms with van der Waals surface area (Å²) in [5, 5.41) is 8.01. The molecule has 0 aromatic carbocycles. The summed E-state index contributed by atoms with van der Waals surface area (Å²) in [6.45, 7) is 3.65. The summed E-state index contributed by atoms with van der Waals surface area (Å²) in [5.41, 5.74) is 6.81. The monoisotopic (exact) mass is 273 g/mol. The van der Waals surface area contributed by atoms with Crippen LogP contribution in [0, 0.1) is 23.2 Å². The molecular formula is C16H23N3O. The molecule has 1 unspecified atom stereocenters. The molecule has 20 heavy (non-hydrogen) atoms. The van der Waals surface area contributed by atoms with Crippen LogP contribution in [-0.2, 0) is 0 Å². The first kappa shape index (κ1) is 12.6. The highest BCUT2D eigenvalue weighted by atomic mass is 16.4. The van der Waals surface area contributed by atoms with Gasteiger partial charge in [-0.25, -0.2) is 0 Å². The van der Waals surface area contributed by atoms with Crippen molar-refractivity contribution >= 4 is 6.08 Å². The number of rotatable bonds is 4. The lowest BCUT2D eigenvalue weighted by Gasteiger charge is -2.57. The molecule has 4 heteroatoms. The zero-order chi connectivity index (χ0) is 13.7. The largest absolute Gasteiger partial charge is 0.420 e. The molecule has 4 saturated carbocycles. The van der Waals surface area contributed by atoms with Crippen molar-refractivity contribution in [1.82, 2.24) is 10.2 Å². The molecule has 4 aliphatic rings. The zero-order valence-corrected chi connectivity index (χ0v) is 11.9. The summed E-state index contributed by atoms with van der Waals surface area (Å²) < 4.78 is 5.54. The predicted molar refractivity (Wildman–Crippen MR) is 76.5 cm³/mol. The van der Waals surface area contributed by atoms with Crippen molar-refractivity contribution in [1.29, 1.82) is 0 Å². The van der Waals surface area contributed by atoms with Gasteiger partial charge in [-0.2, -0.15) is 0 Å². The number of nitrogens with two attached hydrogens (primary N) is 1. The molecule has 1 aromatic rings. The Morgan fingerprint density at radius 3 is 2.30 bits per heavy atom. The molecule has 2 N–H and O–H groups in total. The highest BCUT2D eigenvalue weighted by molar-refractivity contribution is 5.32. The third-order valence-electron chi connectivity index (χ3n) is 5.77. The first-order chi connectivity index (χ1) is 9.66. The smallest absolute Gasteiger partial charge is 0.240 e. The molecule has 0 aliphatic heterocycles. The summed E-state index contributed by atoms with van der Waals surface area (Å²) in [6, 6.07) is -0.118. The molecule has 108 valence electrons. The first-order valence-electron chi connectivity index (χ1n) is 7.87. The van der Waals surface area contributed by atoms with Gasteiger partial charge in [-0.05, 0) is 74.2 Å². The molecule has 4 aliphatic carbocycles. The Morgan fingerprint density at radius 2 is 1.80 bits per heavy atom. The molecule has 1 atom stereocenters. The average Bonchev–Trinajstić information content (AvgIpc) is 2.85. The van der Waals surface area contributed by atoms with E-state index in [9.17, 15) is 0 Å². The highest BCUT2D eigenvalue weighted by Crippen LogP contribution is 2.62. The summed E-state index contributed by atoms with van der Waals surface area (Å²) >= 11 is 0. The molecule has 1 aromatic heterocycles. The second-order valence-electron chi connectivity index (χ2n) is 7.41. The Balaban J connectivity index is 1.52. The minimum atomic E-state index is -0.118. The summed E-state index contributed by atoms with van der Waals surface area (Å²) in [5.74, 6) is 3.93. The third kappa shape index (κ3) is 2.01. The molecular weight excluding hydrogens is 250 g/mol. The van der Waals surface area contributed by atoms with Crippen LogP contribution in [0.3, 0.4) is 0 Å². The van der Waals surface area contributed by atoms with Crippen LogP contribution in [-0.4, -0.2) is 10.2 Å². The quantitative estimate of drug-likeness (QED) is 0.914. The standard InChI is InChI=1S/C16H23N3O/c1-2-14-18-19-15(20-14)13(17)9-16-6-10-3-11(7-16)5-12(4-10)8-16/h2,10-13H,1,3-9,17H2. The van der Waals surface area contributed by atoms with E-state index in [0.717, 1.165) is 24.2 Å². The SMILES string of the molecule is C=Cc1nnc(C(N)CC23CC4CC(CC(C4)C2)C3)o1. The number of hydrogen-bond donors (Lipinski definition) is 1. The van der Waals surface area contributed by atoms with Crippen molar-refractivity contribution in [2.24, 2.45) is 28.9 Å². The van der Waals surface area contributed by atoms with Crippen LogP contribution in [0.4, 0.5) is 0 Å². The maximum Gasteiger partial charge on any atom is 0.240 e. The Labute approximate surface area is 119 Å². The minimum Gasteiger partial charge on any atom is -0.420 e. The van der Waals surface area contributed by atoms with Gasteiger partial charge in [0.15, 0.2) is 0 Å². The molecule has 0 radical (unpaired) electrons. The van der Waals surface area contributed by atoms with Crippen molar-refractivity contribution < 1.29 is 4.42 Å². The topological polar surface area (TPSA) is 64.9 Å². The average molecular weight is 273 g/mol. The fourth-order valence-corrected chi connectivity index (χ4v) is 5.57. The number of aromatic nitrogens is 2. The van der Waals surface area contributed by atoms with Gasteiger partial charge in [0.2, 0.25) is 11.8 Å². The Hall–Kier alpha value is -1.16. The Kier molecular flexibility index (Phi) is 2.78. The fourth-order valence-electron chi connectivity index (χ4n) is 5.57. The van der Waals surface area contributed by atoms with Crippen LogP contribution in [0.15, 0.2) is 11.0 Å². The lowest BCUT2D eigenvalue weighted by Crippen LogP contribution is -2.47. The van der Waals surface area contributed by atoms with E-state index in [4.69, 9.17) is 10.2 Å². The van der Waals surface area contributed by atoms with Crippen LogP contribution >= 0.6 is 0 Å². The van der Waals surface area contributed by atoms with Crippen LogP contribution in [0.2, 0.25) is 0 Å². The van der Waals surface area contributed by atoms with Crippen LogP contribution in [0.1, 0.15) is 62.8 Å². The van der Waals surface area contributed by atoms with Gasteiger partial charge in [0.05, 0.1) is 6.04 Å². The number of nitrogens with zero attached hydrogens (tertiary/aromatic N) is 2. The molecule has 4 nitrogen and oxygen atoms in total. The van der Waals surface area contributed by atoms with E-state index in [-0.39, 0.29) is 6.04 Å².